The van der Waals surface area contributed by atoms with E-state index in [0.29, 0.717) is 11.5 Å². The van der Waals surface area contributed by atoms with E-state index in [9.17, 15) is 9.59 Å². The summed E-state index contributed by atoms with van der Waals surface area (Å²) in [5.74, 6) is 0.309. The van der Waals surface area contributed by atoms with E-state index in [0.717, 1.165) is 14.6 Å². The Balaban J connectivity index is 1.97. The van der Waals surface area contributed by atoms with E-state index in [-0.39, 0.29) is 11.2 Å². The third-order valence-corrected chi connectivity index (χ3v) is 4.17. The topological polar surface area (TPSA) is 93.5 Å². The van der Waals surface area contributed by atoms with Crippen LogP contribution < -0.4 is 11.2 Å². The first-order chi connectivity index (χ1) is 12.1. The summed E-state index contributed by atoms with van der Waals surface area (Å²) >= 11 is 3.36. The molecule has 0 spiro atoms. The monoisotopic (exact) mass is 395 g/mol. The fourth-order valence-corrected chi connectivity index (χ4v) is 2.71. The van der Waals surface area contributed by atoms with Gasteiger partial charge in [-0.15, -0.1) is 10.2 Å². The summed E-state index contributed by atoms with van der Waals surface area (Å²) in [7, 11) is 0. The highest BCUT2D eigenvalue weighted by molar-refractivity contribution is 9.10. The van der Waals surface area contributed by atoms with Crippen LogP contribution in [0.25, 0.3) is 28.2 Å². The van der Waals surface area contributed by atoms with Crippen molar-refractivity contribution in [3.63, 3.8) is 0 Å². The Bertz CT molecular complexity index is 1180. The number of halogens is 1. The third kappa shape index (κ3) is 2.76. The Morgan fingerprint density at radius 2 is 1.64 bits per heavy atom. The molecule has 7 nitrogen and oxygen atoms in total. The molecular weight excluding hydrogens is 386 g/mol. The van der Waals surface area contributed by atoms with Crippen molar-refractivity contribution in [2.75, 3.05) is 0 Å². The van der Waals surface area contributed by atoms with Crippen LogP contribution in [0.5, 0.6) is 0 Å². The Morgan fingerprint density at radius 3 is 2.36 bits per heavy atom. The Morgan fingerprint density at radius 1 is 0.920 bits per heavy atom. The quantitative estimate of drug-likeness (QED) is 0.561. The van der Waals surface area contributed by atoms with Crippen LogP contribution in [0.2, 0.25) is 0 Å². The maximum atomic E-state index is 12.8. The largest absolute Gasteiger partial charge is 0.334 e. The number of nitrogens with zero attached hydrogens (tertiary/aromatic N) is 4. The summed E-state index contributed by atoms with van der Waals surface area (Å²) in [5, 5.41) is 7.94. The van der Waals surface area contributed by atoms with Crippen molar-refractivity contribution in [3.8, 4) is 17.1 Å². The predicted octanol–water partition coefficient (Wildman–Crippen LogP) is 2.29. The molecule has 2 aromatic heterocycles. The Hall–Kier alpha value is -3.13. The summed E-state index contributed by atoms with van der Waals surface area (Å²) < 4.78 is 1.95. The van der Waals surface area contributed by atoms with Crippen molar-refractivity contribution >= 4 is 27.1 Å². The van der Waals surface area contributed by atoms with Gasteiger partial charge in [0.15, 0.2) is 17.0 Å². The number of benzene rings is 2. The van der Waals surface area contributed by atoms with Gasteiger partial charge in [0.05, 0.1) is 5.69 Å². The van der Waals surface area contributed by atoms with Crippen LogP contribution in [0.15, 0.2) is 68.7 Å². The number of hydrogen-bond donors (Lipinski definition) is 1. The lowest BCUT2D eigenvalue weighted by atomic mass is 10.2. The fourth-order valence-electron chi connectivity index (χ4n) is 2.45. The van der Waals surface area contributed by atoms with Gasteiger partial charge in [-0.1, -0.05) is 46.3 Å². The number of nitrogens with one attached hydrogen (secondary N) is 1. The van der Waals surface area contributed by atoms with Gasteiger partial charge in [0.25, 0.3) is 5.56 Å². The Kier molecular flexibility index (Phi) is 3.73. The van der Waals surface area contributed by atoms with E-state index in [1.165, 1.54) is 0 Å². The van der Waals surface area contributed by atoms with E-state index >= 15 is 0 Å². The molecule has 0 radical (unpaired) electrons. The van der Waals surface area contributed by atoms with E-state index in [4.69, 9.17) is 0 Å². The van der Waals surface area contributed by atoms with Crippen LogP contribution in [0.3, 0.4) is 0 Å². The number of H-pyrrole nitrogens is 1. The molecule has 122 valence electrons. The first kappa shape index (κ1) is 15.4. The van der Waals surface area contributed by atoms with Gasteiger partial charge < -0.3 is 0 Å². The van der Waals surface area contributed by atoms with Gasteiger partial charge in [-0.05, 0) is 24.3 Å². The average molecular weight is 396 g/mol. The maximum Gasteiger partial charge on any atom is 0.334 e. The standard InChI is InChI=1S/C17H10BrN5O2/c18-11-8-6-10(7-9-11)14-19-13-15(22-21-14)20-17(25)23(16(13)24)12-4-2-1-3-5-12/h1-9H,(H,20,22,25). The van der Waals surface area contributed by atoms with Crippen molar-refractivity contribution in [1.82, 2.24) is 24.7 Å². The van der Waals surface area contributed by atoms with Gasteiger partial charge in [0.2, 0.25) is 0 Å². The molecule has 0 aliphatic heterocycles. The summed E-state index contributed by atoms with van der Waals surface area (Å²) in [6.45, 7) is 0. The highest BCUT2D eigenvalue weighted by Gasteiger charge is 2.13. The first-order valence-electron chi connectivity index (χ1n) is 7.34. The van der Waals surface area contributed by atoms with Crippen LogP contribution >= 0.6 is 15.9 Å². The minimum atomic E-state index is -0.587. The molecule has 0 unspecified atom stereocenters. The second-order valence-electron chi connectivity index (χ2n) is 5.25. The highest BCUT2D eigenvalue weighted by atomic mass is 79.9. The van der Waals surface area contributed by atoms with Crippen molar-refractivity contribution in [1.29, 1.82) is 0 Å². The zero-order valence-electron chi connectivity index (χ0n) is 12.7. The molecule has 0 aliphatic rings. The van der Waals surface area contributed by atoms with Crippen molar-refractivity contribution < 1.29 is 0 Å². The van der Waals surface area contributed by atoms with Gasteiger partial charge in [-0.25, -0.2) is 14.3 Å². The molecule has 4 aromatic rings. The summed E-state index contributed by atoms with van der Waals surface area (Å²) in [4.78, 5) is 31.9. The first-order valence-corrected chi connectivity index (χ1v) is 8.14. The molecule has 2 heterocycles. The number of fused-ring (bicyclic) bond motifs is 1. The van der Waals surface area contributed by atoms with E-state index in [1.807, 2.05) is 24.3 Å². The lowest BCUT2D eigenvalue weighted by Gasteiger charge is -2.06. The van der Waals surface area contributed by atoms with Crippen LogP contribution in [0.4, 0.5) is 0 Å². The van der Waals surface area contributed by atoms with Gasteiger partial charge in [0, 0.05) is 10.0 Å². The van der Waals surface area contributed by atoms with Crippen LogP contribution in [0, 0.1) is 0 Å². The summed E-state index contributed by atoms with van der Waals surface area (Å²) in [5.41, 5.74) is 0.155. The van der Waals surface area contributed by atoms with E-state index < -0.39 is 11.2 Å². The van der Waals surface area contributed by atoms with Gasteiger partial charge in [-0.3, -0.25) is 9.78 Å². The lowest BCUT2D eigenvalue weighted by Crippen LogP contribution is -2.34. The van der Waals surface area contributed by atoms with Gasteiger partial charge in [-0.2, -0.15) is 0 Å². The zero-order valence-corrected chi connectivity index (χ0v) is 14.3. The van der Waals surface area contributed by atoms with Gasteiger partial charge in [0.1, 0.15) is 0 Å². The summed E-state index contributed by atoms with van der Waals surface area (Å²) in [6.07, 6.45) is 0. The normalized spacial score (nSPS) is 10.9. The van der Waals surface area contributed by atoms with Crippen LogP contribution in [-0.4, -0.2) is 24.7 Å². The molecule has 8 heteroatoms. The molecule has 2 aromatic carbocycles. The van der Waals surface area contributed by atoms with E-state index in [2.05, 4.69) is 36.1 Å². The third-order valence-electron chi connectivity index (χ3n) is 3.64. The molecule has 25 heavy (non-hydrogen) atoms. The smallest absolute Gasteiger partial charge is 0.288 e. The zero-order chi connectivity index (χ0) is 17.4. The molecule has 4 rings (SSSR count). The number of rotatable bonds is 2. The van der Waals surface area contributed by atoms with E-state index in [1.54, 1.807) is 30.3 Å². The van der Waals surface area contributed by atoms with Crippen molar-refractivity contribution in [3.05, 3.63) is 79.9 Å². The molecule has 0 aliphatic carbocycles. The molecule has 0 amide bonds. The van der Waals surface area contributed by atoms with Gasteiger partial charge >= 0.3 is 5.69 Å². The fraction of sp³-hybridized carbons (Fsp3) is 0. The summed E-state index contributed by atoms with van der Waals surface area (Å²) in [6, 6.07) is 16.0. The number of hydrogen-bond acceptors (Lipinski definition) is 5. The molecule has 0 bridgehead atoms. The molecule has 1 N–H and O–H groups in total. The maximum absolute atomic E-state index is 12.8. The van der Waals surface area contributed by atoms with Crippen LogP contribution in [-0.2, 0) is 0 Å². The predicted molar refractivity (Wildman–Crippen MR) is 96.7 cm³/mol. The number of para-hydroxylation sites is 1. The van der Waals surface area contributed by atoms with Crippen molar-refractivity contribution in [2.45, 2.75) is 0 Å². The minimum Gasteiger partial charge on any atom is -0.288 e. The SMILES string of the molecule is O=c1[nH]c2nnc(-c3ccc(Br)cc3)nc2c(=O)n1-c1ccccc1. The van der Waals surface area contributed by atoms with Crippen molar-refractivity contribution in [2.24, 2.45) is 0 Å². The van der Waals surface area contributed by atoms with Crippen LogP contribution in [0.1, 0.15) is 0 Å². The second-order valence-corrected chi connectivity index (χ2v) is 6.16. The molecule has 0 saturated heterocycles. The number of aromatic amines is 1. The highest BCUT2D eigenvalue weighted by Crippen LogP contribution is 2.18. The molecule has 0 atom stereocenters. The number of aromatic nitrogens is 5. The Labute approximate surface area is 149 Å². The molecule has 0 fully saturated rings. The second kappa shape index (κ2) is 6.06. The average Bonchev–Trinajstić information content (AvgIpc) is 2.63. The minimum absolute atomic E-state index is 0.0522. The lowest BCUT2D eigenvalue weighted by molar-refractivity contribution is 0.873. The molecule has 0 saturated carbocycles. The molecular formula is C17H10BrN5O2.